The summed E-state index contributed by atoms with van der Waals surface area (Å²) in [5, 5.41) is 10.2. The van der Waals surface area contributed by atoms with Crippen molar-refractivity contribution >= 4 is 0 Å². The molecule has 0 aromatic carbocycles. The molecule has 1 unspecified atom stereocenters. The lowest BCUT2D eigenvalue weighted by Gasteiger charge is -2.12. The summed E-state index contributed by atoms with van der Waals surface area (Å²) in [6.45, 7) is 8.45. The van der Waals surface area contributed by atoms with Gasteiger partial charge < -0.3 is 0 Å². The molecule has 0 fully saturated rings. The molecule has 0 amide bonds. The first-order valence-corrected chi connectivity index (χ1v) is 3.89. The molecule has 0 aliphatic carbocycles. The zero-order chi connectivity index (χ0) is 7.56. The predicted octanol–water partition coefficient (Wildman–Crippen LogP) is 1.71. The van der Waals surface area contributed by atoms with E-state index in [1.165, 1.54) is 0 Å². The summed E-state index contributed by atoms with van der Waals surface area (Å²) < 4.78 is 0. The second kappa shape index (κ2) is 2.99. The second-order valence-corrected chi connectivity index (χ2v) is 3.02. The molecule has 0 radical (unpaired) electrons. The Balaban J connectivity index is 2.37. The maximum atomic E-state index is 4.14. The first kappa shape index (κ1) is 7.51. The number of hydrogen-bond donors (Lipinski definition) is 0. The third kappa shape index (κ3) is 1.46. The summed E-state index contributed by atoms with van der Waals surface area (Å²) in [7, 11) is 0. The van der Waals surface area contributed by atoms with E-state index in [0.717, 1.165) is 13.1 Å². The van der Waals surface area contributed by atoms with Crippen molar-refractivity contribution < 1.29 is 0 Å². The Hall–Kier alpha value is -0.600. The first-order valence-electron chi connectivity index (χ1n) is 3.89. The minimum absolute atomic E-state index is 0.431. The highest BCUT2D eigenvalue weighted by atomic mass is 15.6. The summed E-state index contributed by atoms with van der Waals surface area (Å²) in [6, 6.07) is 0.431. The highest BCUT2D eigenvalue weighted by molar-refractivity contribution is 4.75. The quantitative estimate of drug-likeness (QED) is 0.575. The molecule has 0 aromatic rings. The van der Waals surface area contributed by atoms with E-state index in [-0.39, 0.29) is 0 Å². The van der Waals surface area contributed by atoms with Crippen molar-refractivity contribution in [2.75, 3.05) is 13.1 Å². The van der Waals surface area contributed by atoms with Gasteiger partial charge in [0.15, 0.2) is 0 Å². The highest BCUT2D eigenvalue weighted by Gasteiger charge is 2.20. The van der Waals surface area contributed by atoms with Crippen molar-refractivity contribution in [3.8, 4) is 0 Å². The van der Waals surface area contributed by atoms with Crippen LogP contribution in [0.25, 0.3) is 0 Å². The van der Waals surface area contributed by atoms with Gasteiger partial charge in [-0.3, -0.25) is 5.01 Å². The summed E-state index contributed by atoms with van der Waals surface area (Å²) >= 11 is 0. The fraction of sp³-hybridized carbons (Fsp3) is 1.00. The van der Waals surface area contributed by atoms with Gasteiger partial charge in [-0.25, -0.2) is 0 Å². The van der Waals surface area contributed by atoms with Crippen molar-refractivity contribution in [1.29, 1.82) is 0 Å². The molecule has 1 heterocycles. The minimum Gasteiger partial charge on any atom is -0.277 e. The lowest BCUT2D eigenvalue weighted by atomic mass is 10.1. The fourth-order valence-corrected chi connectivity index (χ4v) is 0.965. The molecule has 0 spiro atoms. The van der Waals surface area contributed by atoms with E-state index in [1.54, 1.807) is 0 Å². The number of likely N-dealkylation sites (N-methyl/N-ethyl adjacent to an activating group) is 1. The summed E-state index contributed by atoms with van der Waals surface area (Å²) in [6.07, 6.45) is 0. The molecule has 0 saturated heterocycles. The van der Waals surface area contributed by atoms with Crippen molar-refractivity contribution in [3.05, 3.63) is 0 Å². The van der Waals surface area contributed by atoms with E-state index in [2.05, 4.69) is 31.1 Å². The third-order valence-electron chi connectivity index (χ3n) is 1.86. The Morgan fingerprint density at radius 1 is 1.60 bits per heavy atom. The topological polar surface area (TPSA) is 28.0 Å². The van der Waals surface area contributed by atoms with Gasteiger partial charge in [0.2, 0.25) is 0 Å². The molecule has 58 valence electrons. The van der Waals surface area contributed by atoms with Crippen LogP contribution < -0.4 is 0 Å². The van der Waals surface area contributed by atoms with Gasteiger partial charge in [0.25, 0.3) is 0 Å². The van der Waals surface area contributed by atoms with Crippen LogP contribution in [0.5, 0.6) is 0 Å². The van der Waals surface area contributed by atoms with Gasteiger partial charge in [-0.15, -0.1) is 0 Å². The van der Waals surface area contributed by atoms with Crippen LogP contribution in [0.2, 0.25) is 0 Å². The van der Waals surface area contributed by atoms with E-state index in [4.69, 9.17) is 0 Å². The predicted molar refractivity (Wildman–Crippen MR) is 40.7 cm³/mol. The number of hydrogen-bond acceptors (Lipinski definition) is 3. The largest absolute Gasteiger partial charge is 0.277 e. The van der Waals surface area contributed by atoms with E-state index in [9.17, 15) is 0 Å². The number of nitrogens with zero attached hydrogens (tertiary/aromatic N) is 3. The maximum Gasteiger partial charge on any atom is 0.0944 e. The van der Waals surface area contributed by atoms with Gasteiger partial charge in [-0.05, 0) is 12.8 Å². The molecule has 1 aliphatic heterocycles. The molecule has 0 saturated carbocycles. The van der Waals surface area contributed by atoms with Gasteiger partial charge in [-0.2, -0.15) is 5.11 Å². The average Bonchev–Trinajstić information content (AvgIpc) is 2.34. The SMILES string of the molecule is CCN1CC(C(C)C)N=N1. The van der Waals surface area contributed by atoms with Gasteiger partial charge >= 0.3 is 0 Å². The summed E-state index contributed by atoms with van der Waals surface area (Å²) in [5.74, 6) is 0.625. The first-order chi connectivity index (χ1) is 4.74. The van der Waals surface area contributed by atoms with Crippen molar-refractivity contribution in [2.45, 2.75) is 26.8 Å². The van der Waals surface area contributed by atoms with Crippen LogP contribution in [-0.4, -0.2) is 24.1 Å². The van der Waals surface area contributed by atoms with Crippen LogP contribution in [0.4, 0.5) is 0 Å². The molecule has 1 aliphatic rings. The lowest BCUT2D eigenvalue weighted by molar-refractivity contribution is 0.312. The summed E-state index contributed by atoms with van der Waals surface area (Å²) in [5.41, 5.74) is 0. The van der Waals surface area contributed by atoms with E-state index >= 15 is 0 Å². The second-order valence-electron chi connectivity index (χ2n) is 3.02. The molecule has 10 heavy (non-hydrogen) atoms. The molecule has 0 N–H and O–H groups in total. The normalized spacial score (nSPS) is 24.8. The molecule has 1 atom stereocenters. The zero-order valence-corrected chi connectivity index (χ0v) is 6.91. The molecule has 3 nitrogen and oxygen atoms in total. The van der Waals surface area contributed by atoms with Crippen LogP contribution in [0.15, 0.2) is 10.3 Å². The van der Waals surface area contributed by atoms with Crippen LogP contribution in [-0.2, 0) is 0 Å². The summed E-state index contributed by atoms with van der Waals surface area (Å²) in [4.78, 5) is 0. The van der Waals surface area contributed by atoms with E-state index in [0.29, 0.717) is 12.0 Å². The Bertz CT molecular complexity index is 131. The standard InChI is InChI=1S/C7H15N3/c1-4-10-5-7(6(2)3)8-9-10/h6-7H,4-5H2,1-3H3. The molecule has 1 rings (SSSR count). The minimum atomic E-state index is 0.431. The highest BCUT2D eigenvalue weighted by Crippen LogP contribution is 2.15. The van der Waals surface area contributed by atoms with Gasteiger partial charge in [0, 0.05) is 6.54 Å². The van der Waals surface area contributed by atoms with Gasteiger partial charge in [0.1, 0.15) is 0 Å². The van der Waals surface area contributed by atoms with Gasteiger partial charge in [0.05, 0.1) is 12.6 Å². The van der Waals surface area contributed by atoms with Crippen LogP contribution in [0, 0.1) is 5.92 Å². The van der Waals surface area contributed by atoms with Crippen molar-refractivity contribution in [2.24, 2.45) is 16.3 Å². The molecule has 0 bridgehead atoms. The van der Waals surface area contributed by atoms with Crippen LogP contribution in [0.1, 0.15) is 20.8 Å². The molecular formula is C7H15N3. The van der Waals surface area contributed by atoms with Crippen molar-refractivity contribution in [1.82, 2.24) is 5.01 Å². The fourth-order valence-electron chi connectivity index (χ4n) is 0.965. The Morgan fingerprint density at radius 2 is 2.30 bits per heavy atom. The average molecular weight is 141 g/mol. The van der Waals surface area contributed by atoms with Crippen LogP contribution in [0.3, 0.4) is 0 Å². The Morgan fingerprint density at radius 3 is 2.60 bits per heavy atom. The Labute approximate surface area is 62.1 Å². The number of rotatable bonds is 2. The molecule has 3 heteroatoms. The lowest BCUT2D eigenvalue weighted by Crippen LogP contribution is -2.23. The maximum absolute atomic E-state index is 4.14. The van der Waals surface area contributed by atoms with Crippen LogP contribution >= 0.6 is 0 Å². The third-order valence-corrected chi connectivity index (χ3v) is 1.86. The molecule has 0 aromatic heterocycles. The Kier molecular flexibility index (Phi) is 2.25. The zero-order valence-electron chi connectivity index (χ0n) is 6.91. The smallest absolute Gasteiger partial charge is 0.0944 e. The molecular weight excluding hydrogens is 126 g/mol. The van der Waals surface area contributed by atoms with E-state index < -0.39 is 0 Å². The van der Waals surface area contributed by atoms with E-state index in [1.807, 2.05) is 5.01 Å². The van der Waals surface area contributed by atoms with Gasteiger partial charge in [-0.1, -0.05) is 19.1 Å². The monoisotopic (exact) mass is 141 g/mol. The van der Waals surface area contributed by atoms with Crippen molar-refractivity contribution in [3.63, 3.8) is 0 Å².